The maximum Gasteiger partial charge on any atom is 0.139 e. The molecule has 0 spiro atoms. The smallest absolute Gasteiger partial charge is 0.139 e. The third-order valence-electron chi connectivity index (χ3n) is 1.17. The van der Waals surface area contributed by atoms with Crippen molar-refractivity contribution >= 4 is 30.6 Å². The van der Waals surface area contributed by atoms with Crippen LogP contribution in [0.1, 0.15) is 12.8 Å². The van der Waals surface area contributed by atoms with Gasteiger partial charge < -0.3 is 15.8 Å². The molecule has 76 valence electrons. The monoisotopic (exact) mass is 217 g/mol. The van der Waals surface area contributed by atoms with Gasteiger partial charge in [-0.2, -0.15) is 0 Å². The van der Waals surface area contributed by atoms with E-state index in [9.17, 15) is 0 Å². The Bertz CT molecular complexity index is 119. The highest BCUT2D eigenvalue weighted by atomic mass is 35.5. The maximum absolute atomic E-state index is 8.15. The molecule has 3 N–H and O–H groups in total. The lowest BCUT2D eigenvalue weighted by atomic mass is 10.3. The molecule has 0 atom stereocenters. The van der Waals surface area contributed by atoms with E-state index in [0.717, 1.165) is 13.0 Å². The molecule has 6 heteroatoms. The SMILES string of the molecule is CN(C)CCC/C(N)=N/O.Cl.Cl. The summed E-state index contributed by atoms with van der Waals surface area (Å²) in [5, 5.41) is 11.0. The first-order chi connectivity index (χ1) is 4.66. The van der Waals surface area contributed by atoms with E-state index in [1.165, 1.54) is 0 Å². The lowest BCUT2D eigenvalue weighted by molar-refractivity contribution is 0.316. The maximum atomic E-state index is 8.15. The van der Waals surface area contributed by atoms with Crippen molar-refractivity contribution in [2.45, 2.75) is 12.8 Å². The van der Waals surface area contributed by atoms with Gasteiger partial charge in [0, 0.05) is 6.42 Å². The molecule has 0 aromatic carbocycles. The zero-order chi connectivity index (χ0) is 7.98. The highest BCUT2D eigenvalue weighted by molar-refractivity contribution is 5.85. The van der Waals surface area contributed by atoms with Gasteiger partial charge in [-0.25, -0.2) is 0 Å². The van der Waals surface area contributed by atoms with Crippen LogP contribution in [0.4, 0.5) is 0 Å². The summed E-state index contributed by atoms with van der Waals surface area (Å²) < 4.78 is 0. The van der Waals surface area contributed by atoms with Crippen LogP contribution < -0.4 is 5.73 Å². The Hall–Kier alpha value is -0.190. The average molecular weight is 218 g/mol. The van der Waals surface area contributed by atoms with Crippen molar-refractivity contribution in [3.05, 3.63) is 0 Å². The number of nitrogens with two attached hydrogens (primary N) is 1. The van der Waals surface area contributed by atoms with E-state index < -0.39 is 0 Å². The molecular weight excluding hydrogens is 201 g/mol. The molecule has 0 saturated carbocycles. The minimum absolute atomic E-state index is 0. The predicted octanol–water partition coefficient (Wildman–Crippen LogP) is 0.918. The van der Waals surface area contributed by atoms with Crippen molar-refractivity contribution in [3.63, 3.8) is 0 Å². The fourth-order valence-electron chi connectivity index (χ4n) is 0.626. The second-order valence-electron chi connectivity index (χ2n) is 2.50. The Morgan fingerprint density at radius 2 is 1.92 bits per heavy atom. The van der Waals surface area contributed by atoms with Crippen LogP contribution >= 0.6 is 24.8 Å². The molecule has 0 aromatic rings. The van der Waals surface area contributed by atoms with Crippen LogP contribution in [0.3, 0.4) is 0 Å². The van der Waals surface area contributed by atoms with Crippen molar-refractivity contribution in [2.75, 3.05) is 20.6 Å². The van der Waals surface area contributed by atoms with E-state index in [-0.39, 0.29) is 24.8 Å². The van der Waals surface area contributed by atoms with Gasteiger partial charge in [0.1, 0.15) is 5.84 Å². The number of amidine groups is 1. The Morgan fingerprint density at radius 1 is 1.42 bits per heavy atom. The molecule has 0 bridgehead atoms. The highest BCUT2D eigenvalue weighted by Gasteiger charge is 1.93. The number of hydrogen-bond acceptors (Lipinski definition) is 3. The Labute approximate surface area is 85.6 Å². The molecule has 0 saturated heterocycles. The van der Waals surface area contributed by atoms with Crippen LogP contribution in [-0.2, 0) is 0 Å². The van der Waals surface area contributed by atoms with Gasteiger partial charge in [0.05, 0.1) is 0 Å². The normalized spacial score (nSPS) is 10.4. The van der Waals surface area contributed by atoms with E-state index in [0.29, 0.717) is 12.3 Å². The van der Waals surface area contributed by atoms with Crippen molar-refractivity contribution in [3.8, 4) is 0 Å². The third-order valence-corrected chi connectivity index (χ3v) is 1.17. The minimum Gasteiger partial charge on any atom is -0.409 e. The summed E-state index contributed by atoms with van der Waals surface area (Å²) in [6, 6.07) is 0. The summed E-state index contributed by atoms with van der Waals surface area (Å²) in [5.41, 5.74) is 5.24. The largest absolute Gasteiger partial charge is 0.409 e. The number of halogens is 2. The zero-order valence-electron chi connectivity index (χ0n) is 7.36. The van der Waals surface area contributed by atoms with Crippen molar-refractivity contribution in [1.29, 1.82) is 0 Å². The van der Waals surface area contributed by atoms with Crippen molar-refractivity contribution < 1.29 is 5.21 Å². The first kappa shape index (κ1) is 17.8. The average Bonchev–Trinajstić information content (AvgIpc) is 1.87. The predicted molar refractivity (Wildman–Crippen MR) is 55.7 cm³/mol. The summed E-state index contributed by atoms with van der Waals surface area (Å²) in [7, 11) is 3.98. The van der Waals surface area contributed by atoms with Gasteiger partial charge in [0.2, 0.25) is 0 Å². The molecule has 0 aromatic heterocycles. The molecular formula is C6H17Cl2N3O. The van der Waals surface area contributed by atoms with E-state index in [4.69, 9.17) is 10.9 Å². The summed E-state index contributed by atoms with van der Waals surface area (Å²) in [5.74, 6) is 0.307. The van der Waals surface area contributed by atoms with Crippen molar-refractivity contribution in [2.24, 2.45) is 10.9 Å². The van der Waals surface area contributed by atoms with Gasteiger partial charge in [-0.1, -0.05) is 5.16 Å². The van der Waals surface area contributed by atoms with Crippen LogP contribution in [0.5, 0.6) is 0 Å². The highest BCUT2D eigenvalue weighted by Crippen LogP contribution is 1.89. The van der Waals surface area contributed by atoms with Gasteiger partial charge in [0.25, 0.3) is 0 Å². The lowest BCUT2D eigenvalue weighted by Gasteiger charge is -2.07. The first-order valence-electron chi connectivity index (χ1n) is 3.28. The summed E-state index contributed by atoms with van der Waals surface area (Å²) in [6.07, 6.45) is 1.59. The molecule has 0 unspecified atom stereocenters. The second-order valence-corrected chi connectivity index (χ2v) is 2.50. The van der Waals surface area contributed by atoms with Gasteiger partial charge in [-0.3, -0.25) is 0 Å². The van der Waals surface area contributed by atoms with Gasteiger partial charge in [-0.05, 0) is 27.1 Å². The number of rotatable bonds is 4. The Kier molecular flexibility index (Phi) is 16.0. The van der Waals surface area contributed by atoms with Crippen LogP contribution in [0.2, 0.25) is 0 Å². The number of oxime groups is 1. The second kappa shape index (κ2) is 10.8. The molecule has 0 fully saturated rings. The van der Waals surface area contributed by atoms with E-state index in [1.54, 1.807) is 0 Å². The van der Waals surface area contributed by atoms with Crippen LogP contribution in [-0.4, -0.2) is 36.6 Å². The van der Waals surface area contributed by atoms with E-state index >= 15 is 0 Å². The summed E-state index contributed by atoms with van der Waals surface area (Å²) >= 11 is 0. The molecule has 0 aliphatic carbocycles. The van der Waals surface area contributed by atoms with Crippen LogP contribution in [0.25, 0.3) is 0 Å². The molecule has 0 aliphatic rings. The molecule has 4 nitrogen and oxygen atoms in total. The molecule has 0 rings (SSSR count). The van der Waals surface area contributed by atoms with Gasteiger partial charge in [-0.15, -0.1) is 24.8 Å². The molecule has 0 aliphatic heterocycles. The Morgan fingerprint density at radius 3 is 2.25 bits per heavy atom. The number of nitrogens with zero attached hydrogens (tertiary/aromatic N) is 2. The van der Waals surface area contributed by atoms with E-state index in [2.05, 4.69) is 10.1 Å². The third kappa shape index (κ3) is 12.5. The minimum atomic E-state index is 0. The summed E-state index contributed by atoms with van der Waals surface area (Å²) in [4.78, 5) is 2.06. The molecule has 0 radical (unpaired) electrons. The van der Waals surface area contributed by atoms with Gasteiger partial charge >= 0.3 is 0 Å². The first-order valence-corrected chi connectivity index (χ1v) is 3.28. The molecule has 0 amide bonds. The van der Waals surface area contributed by atoms with Crippen LogP contribution in [0, 0.1) is 0 Å². The molecule has 0 heterocycles. The van der Waals surface area contributed by atoms with Crippen molar-refractivity contribution in [1.82, 2.24) is 4.90 Å². The standard InChI is InChI=1S/C6H15N3O.2ClH/c1-9(2)5-3-4-6(7)8-10;;/h10H,3-5H2,1-2H3,(H2,7,8);2*1H. The zero-order valence-corrected chi connectivity index (χ0v) is 8.99. The fourth-order valence-corrected chi connectivity index (χ4v) is 0.626. The van der Waals surface area contributed by atoms with Gasteiger partial charge in [0.15, 0.2) is 0 Å². The van der Waals surface area contributed by atoms with Crippen LogP contribution in [0.15, 0.2) is 5.16 Å². The lowest BCUT2D eigenvalue weighted by Crippen LogP contribution is -2.17. The number of hydrogen-bond donors (Lipinski definition) is 2. The quantitative estimate of drug-likeness (QED) is 0.319. The summed E-state index contributed by atoms with van der Waals surface area (Å²) in [6.45, 7) is 0.968. The topological polar surface area (TPSA) is 61.8 Å². The van der Waals surface area contributed by atoms with E-state index in [1.807, 2.05) is 14.1 Å². The molecule has 12 heavy (non-hydrogen) atoms. The Balaban J connectivity index is -0.000000405. The fraction of sp³-hybridized carbons (Fsp3) is 0.833.